The van der Waals surface area contributed by atoms with Gasteiger partial charge in [0.1, 0.15) is 11.6 Å². The molecule has 0 amide bonds. The Balaban J connectivity index is 1.69. The Morgan fingerprint density at radius 3 is 2.60 bits per heavy atom. The molecular formula is C18H19FN2O4. The highest BCUT2D eigenvalue weighted by molar-refractivity contribution is 5.88. The first kappa shape index (κ1) is 17.0. The van der Waals surface area contributed by atoms with Crippen LogP contribution < -0.4 is 15.8 Å². The van der Waals surface area contributed by atoms with Crippen LogP contribution in [0.3, 0.4) is 0 Å². The molecule has 0 unspecified atom stereocenters. The average molecular weight is 346 g/mol. The van der Waals surface area contributed by atoms with Crippen molar-refractivity contribution in [1.29, 1.82) is 0 Å². The van der Waals surface area contributed by atoms with Crippen molar-refractivity contribution in [3.63, 3.8) is 0 Å². The maximum atomic E-state index is 14.0. The molecule has 4 N–H and O–H groups in total. The first-order valence-electron chi connectivity index (χ1n) is 7.76. The number of nitrogens with one attached hydrogen (secondary N) is 1. The fourth-order valence-corrected chi connectivity index (χ4v) is 2.43. The first-order chi connectivity index (χ1) is 11.9. The van der Waals surface area contributed by atoms with E-state index in [1.165, 1.54) is 12.1 Å². The van der Waals surface area contributed by atoms with Gasteiger partial charge in [-0.25, -0.2) is 9.18 Å². The number of aromatic carboxylic acids is 1. The van der Waals surface area contributed by atoms with Gasteiger partial charge in [0.15, 0.2) is 0 Å². The van der Waals surface area contributed by atoms with E-state index in [4.69, 9.17) is 20.3 Å². The van der Waals surface area contributed by atoms with Gasteiger partial charge in [0.2, 0.25) is 0 Å². The van der Waals surface area contributed by atoms with Crippen LogP contribution in [0.1, 0.15) is 17.3 Å². The number of carboxylic acids is 1. The van der Waals surface area contributed by atoms with Gasteiger partial charge in [-0.2, -0.15) is 0 Å². The minimum Gasteiger partial charge on any atom is -0.493 e. The average Bonchev–Trinajstić information content (AvgIpc) is 2.54. The van der Waals surface area contributed by atoms with Crippen LogP contribution in [-0.2, 0) is 4.74 Å². The molecular weight excluding hydrogens is 327 g/mol. The molecule has 25 heavy (non-hydrogen) atoms. The summed E-state index contributed by atoms with van der Waals surface area (Å²) in [5.41, 5.74) is 6.96. The molecule has 132 valence electrons. The van der Waals surface area contributed by atoms with E-state index in [2.05, 4.69) is 12.2 Å². The van der Waals surface area contributed by atoms with Gasteiger partial charge in [0, 0.05) is 11.5 Å². The molecule has 0 aliphatic carbocycles. The largest absolute Gasteiger partial charge is 0.493 e. The van der Waals surface area contributed by atoms with Crippen molar-refractivity contribution in [1.82, 2.24) is 0 Å². The molecule has 0 atom stereocenters. The Labute approximate surface area is 144 Å². The quantitative estimate of drug-likeness (QED) is 0.695. The Bertz CT molecular complexity index is 806. The van der Waals surface area contributed by atoms with Crippen LogP contribution in [0.4, 0.5) is 21.5 Å². The van der Waals surface area contributed by atoms with Gasteiger partial charge in [0.25, 0.3) is 0 Å². The smallest absolute Gasteiger partial charge is 0.335 e. The van der Waals surface area contributed by atoms with E-state index < -0.39 is 11.8 Å². The summed E-state index contributed by atoms with van der Waals surface area (Å²) in [6.07, 6.45) is 0. The fourth-order valence-electron chi connectivity index (χ4n) is 2.43. The molecule has 1 fully saturated rings. The third-order valence-electron chi connectivity index (χ3n) is 4.00. The molecule has 1 heterocycles. The molecule has 1 aliphatic rings. The van der Waals surface area contributed by atoms with E-state index in [-0.39, 0.29) is 16.7 Å². The van der Waals surface area contributed by atoms with Gasteiger partial charge < -0.3 is 25.6 Å². The van der Waals surface area contributed by atoms with Crippen LogP contribution in [0.5, 0.6) is 5.75 Å². The maximum absolute atomic E-state index is 14.0. The molecule has 0 aromatic heterocycles. The second-order valence-corrected chi connectivity index (χ2v) is 6.47. The predicted octanol–water partition coefficient (Wildman–Crippen LogP) is 3.27. The molecule has 1 saturated heterocycles. The predicted molar refractivity (Wildman–Crippen MR) is 91.9 cm³/mol. The summed E-state index contributed by atoms with van der Waals surface area (Å²) in [6.45, 7) is 3.96. The van der Waals surface area contributed by atoms with E-state index in [0.29, 0.717) is 36.9 Å². The summed E-state index contributed by atoms with van der Waals surface area (Å²) in [4.78, 5) is 10.8. The van der Waals surface area contributed by atoms with Gasteiger partial charge in [0.05, 0.1) is 42.4 Å². The number of nitrogen functional groups attached to an aromatic ring is 1. The Morgan fingerprint density at radius 2 is 2.04 bits per heavy atom. The second kappa shape index (κ2) is 6.60. The van der Waals surface area contributed by atoms with Crippen molar-refractivity contribution >= 4 is 23.0 Å². The summed E-state index contributed by atoms with van der Waals surface area (Å²) in [5.74, 6) is -1.23. The Morgan fingerprint density at radius 1 is 1.32 bits per heavy atom. The number of halogens is 1. The van der Waals surface area contributed by atoms with Crippen LogP contribution >= 0.6 is 0 Å². The van der Waals surface area contributed by atoms with Gasteiger partial charge in [-0.3, -0.25) is 0 Å². The normalized spacial score (nSPS) is 15.3. The highest BCUT2D eigenvalue weighted by Crippen LogP contribution is 2.31. The number of carbonyl (C=O) groups is 1. The number of ether oxygens (including phenoxy) is 2. The van der Waals surface area contributed by atoms with Crippen LogP contribution in [0.15, 0.2) is 36.4 Å². The van der Waals surface area contributed by atoms with E-state index in [1.807, 2.05) is 0 Å². The van der Waals surface area contributed by atoms with Crippen molar-refractivity contribution in [3.8, 4) is 5.75 Å². The SMILES string of the molecule is CC1(COc2ccc(Nc3ccc(C(=O)O)cc3F)c(N)c2)COC1. The monoisotopic (exact) mass is 346 g/mol. The van der Waals surface area contributed by atoms with Gasteiger partial charge in [-0.15, -0.1) is 0 Å². The number of nitrogens with two attached hydrogens (primary N) is 1. The summed E-state index contributed by atoms with van der Waals surface area (Å²) in [5, 5.41) is 11.7. The number of rotatable bonds is 6. The summed E-state index contributed by atoms with van der Waals surface area (Å²) in [7, 11) is 0. The number of carboxylic acid groups (broad SMARTS) is 1. The molecule has 3 rings (SSSR count). The molecule has 0 saturated carbocycles. The fraction of sp³-hybridized carbons (Fsp3) is 0.278. The minimum absolute atomic E-state index is 0.0285. The topological polar surface area (TPSA) is 93.8 Å². The lowest BCUT2D eigenvalue weighted by atomic mass is 9.90. The Hall–Kier alpha value is -2.80. The van der Waals surface area contributed by atoms with Gasteiger partial charge in [-0.1, -0.05) is 6.92 Å². The zero-order chi connectivity index (χ0) is 18.0. The lowest BCUT2D eigenvalue weighted by Gasteiger charge is -2.37. The number of hydrogen-bond acceptors (Lipinski definition) is 5. The van der Waals surface area contributed by atoms with Crippen LogP contribution in [0.2, 0.25) is 0 Å². The van der Waals surface area contributed by atoms with Gasteiger partial charge >= 0.3 is 5.97 Å². The highest BCUT2D eigenvalue weighted by atomic mass is 19.1. The lowest BCUT2D eigenvalue weighted by Crippen LogP contribution is -2.44. The van der Waals surface area contributed by atoms with Crippen molar-refractivity contribution in [2.45, 2.75) is 6.92 Å². The molecule has 0 spiro atoms. The van der Waals surface area contributed by atoms with Crippen molar-refractivity contribution in [2.24, 2.45) is 5.41 Å². The number of hydrogen-bond donors (Lipinski definition) is 3. The van der Waals surface area contributed by atoms with Crippen LogP contribution in [-0.4, -0.2) is 30.9 Å². The Kier molecular flexibility index (Phi) is 4.50. The molecule has 7 heteroatoms. The highest BCUT2D eigenvalue weighted by Gasteiger charge is 2.34. The minimum atomic E-state index is -1.18. The van der Waals surface area contributed by atoms with E-state index >= 15 is 0 Å². The second-order valence-electron chi connectivity index (χ2n) is 6.47. The maximum Gasteiger partial charge on any atom is 0.335 e. The number of benzene rings is 2. The van der Waals surface area contributed by atoms with E-state index in [1.54, 1.807) is 18.2 Å². The summed E-state index contributed by atoms with van der Waals surface area (Å²) in [6, 6.07) is 8.73. The molecule has 1 aliphatic heterocycles. The summed E-state index contributed by atoms with van der Waals surface area (Å²) >= 11 is 0. The molecule has 0 radical (unpaired) electrons. The molecule has 0 bridgehead atoms. The van der Waals surface area contributed by atoms with Crippen molar-refractivity contribution in [3.05, 3.63) is 47.8 Å². The molecule has 2 aromatic rings. The summed E-state index contributed by atoms with van der Waals surface area (Å²) < 4.78 is 24.9. The van der Waals surface area contributed by atoms with E-state index in [9.17, 15) is 9.18 Å². The van der Waals surface area contributed by atoms with Crippen molar-refractivity contribution < 1.29 is 23.8 Å². The van der Waals surface area contributed by atoms with Crippen LogP contribution in [0.25, 0.3) is 0 Å². The van der Waals surface area contributed by atoms with Crippen molar-refractivity contribution in [2.75, 3.05) is 30.9 Å². The molecule has 2 aromatic carbocycles. The standard InChI is InChI=1S/C18H19FN2O4/c1-18(8-24-9-18)10-25-12-3-5-16(14(20)7-12)21-15-4-2-11(17(22)23)6-13(15)19/h2-7,21H,8-10,20H2,1H3,(H,22,23). The van der Waals surface area contributed by atoms with Crippen LogP contribution in [0, 0.1) is 11.2 Å². The third kappa shape index (κ3) is 3.83. The molecule has 6 nitrogen and oxygen atoms in total. The lowest BCUT2D eigenvalue weighted by molar-refractivity contribution is -0.120. The van der Waals surface area contributed by atoms with E-state index in [0.717, 1.165) is 6.07 Å². The zero-order valence-electron chi connectivity index (χ0n) is 13.7. The third-order valence-corrected chi connectivity index (χ3v) is 4.00. The first-order valence-corrected chi connectivity index (χ1v) is 7.76. The van der Waals surface area contributed by atoms with Gasteiger partial charge in [-0.05, 0) is 30.3 Å². The number of anilines is 3. The zero-order valence-corrected chi connectivity index (χ0v) is 13.7.